The summed E-state index contributed by atoms with van der Waals surface area (Å²) in [6.45, 7) is 9.05. The molecule has 4 nitrogen and oxygen atoms in total. The molecule has 1 N–H and O–H groups in total. The minimum Gasteiger partial charge on any atom is -0.478 e. The number of imidazole rings is 1. The van der Waals surface area contributed by atoms with Gasteiger partial charge in [0, 0.05) is 13.0 Å². The number of aromatic nitrogens is 2. The fourth-order valence-corrected chi connectivity index (χ4v) is 3.45. The second-order valence-corrected chi connectivity index (χ2v) is 6.91. The zero-order valence-corrected chi connectivity index (χ0v) is 12.6. The van der Waals surface area contributed by atoms with Crippen LogP contribution in [-0.2, 0) is 7.05 Å². The molecule has 1 aliphatic carbocycles. The summed E-state index contributed by atoms with van der Waals surface area (Å²) in [6.07, 6.45) is 0. The third-order valence-corrected chi connectivity index (χ3v) is 5.44. The van der Waals surface area contributed by atoms with E-state index in [4.69, 9.17) is 10.1 Å². The first-order valence-corrected chi connectivity index (χ1v) is 6.87. The lowest BCUT2D eigenvalue weighted by Gasteiger charge is -2.03. The Labute approximate surface area is 118 Å². The van der Waals surface area contributed by atoms with Crippen LogP contribution in [-0.4, -0.2) is 20.6 Å². The maximum Gasteiger partial charge on any atom is 0.335 e. The summed E-state index contributed by atoms with van der Waals surface area (Å²) >= 11 is 0. The van der Waals surface area contributed by atoms with Gasteiger partial charge in [-0.05, 0) is 29.0 Å². The Morgan fingerprint density at radius 1 is 1.25 bits per heavy atom. The van der Waals surface area contributed by atoms with Crippen LogP contribution in [0.5, 0.6) is 0 Å². The van der Waals surface area contributed by atoms with Crippen molar-refractivity contribution in [3.63, 3.8) is 0 Å². The van der Waals surface area contributed by atoms with Gasteiger partial charge in [0.05, 0.1) is 16.6 Å². The van der Waals surface area contributed by atoms with Crippen molar-refractivity contribution in [3.05, 3.63) is 29.6 Å². The molecule has 3 rings (SSSR count). The van der Waals surface area contributed by atoms with E-state index in [1.54, 1.807) is 12.1 Å². The van der Waals surface area contributed by atoms with Gasteiger partial charge in [-0.3, -0.25) is 0 Å². The summed E-state index contributed by atoms with van der Waals surface area (Å²) in [5.41, 5.74) is 2.48. The number of carbonyl (C=O) groups is 1. The second-order valence-electron chi connectivity index (χ2n) is 6.91. The first-order chi connectivity index (χ1) is 9.18. The Morgan fingerprint density at radius 2 is 1.85 bits per heavy atom. The van der Waals surface area contributed by atoms with Crippen LogP contribution in [0.15, 0.2) is 18.2 Å². The molecule has 1 aromatic heterocycles. The largest absolute Gasteiger partial charge is 0.478 e. The second kappa shape index (κ2) is 3.62. The highest BCUT2D eigenvalue weighted by atomic mass is 16.4. The van der Waals surface area contributed by atoms with Gasteiger partial charge in [-0.1, -0.05) is 27.7 Å². The maximum absolute atomic E-state index is 11.1. The van der Waals surface area contributed by atoms with Crippen molar-refractivity contribution in [3.8, 4) is 0 Å². The van der Waals surface area contributed by atoms with E-state index in [-0.39, 0.29) is 16.4 Å². The molecule has 0 bridgehead atoms. The molecular weight excluding hydrogens is 252 g/mol. The molecule has 0 spiro atoms. The number of benzene rings is 1. The van der Waals surface area contributed by atoms with Crippen LogP contribution in [0.3, 0.4) is 0 Å². The number of aromatic carboxylic acids is 1. The molecule has 0 radical (unpaired) electrons. The molecule has 1 aromatic carbocycles. The number of carboxylic acid groups (broad SMARTS) is 1. The Balaban J connectivity index is 2.15. The van der Waals surface area contributed by atoms with E-state index in [0.29, 0.717) is 5.92 Å². The molecule has 1 saturated carbocycles. The molecule has 0 saturated heterocycles. The van der Waals surface area contributed by atoms with Crippen molar-refractivity contribution in [1.82, 2.24) is 9.55 Å². The predicted molar refractivity (Wildman–Crippen MR) is 78.0 cm³/mol. The number of hydrogen-bond donors (Lipinski definition) is 1. The Morgan fingerprint density at radius 3 is 2.35 bits per heavy atom. The molecule has 2 aromatic rings. The standard InChI is InChI=1S/C16H20N2O2/c1-15(2)12(16(15,3)4)13-17-10-8-9(14(19)20)6-7-11(10)18(13)5/h6-8,12H,1-5H3,(H,19,20). The van der Waals surface area contributed by atoms with Crippen molar-refractivity contribution in [2.24, 2.45) is 17.9 Å². The van der Waals surface area contributed by atoms with E-state index in [9.17, 15) is 4.79 Å². The number of rotatable bonds is 2. The maximum atomic E-state index is 11.1. The zero-order valence-electron chi connectivity index (χ0n) is 12.6. The number of fused-ring (bicyclic) bond motifs is 1. The van der Waals surface area contributed by atoms with E-state index < -0.39 is 5.97 Å². The van der Waals surface area contributed by atoms with Gasteiger partial charge in [0.25, 0.3) is 0 Å². The first-order valence-electron chi connectivity index (χ1n) is 6.87. The lowest BCUT2D eigenvalue weighted by atomic mass is 10.0. The van der Waals surface area contributed by atoms with E-state index >= 15 is 0 Å². The van der Waals surface area contributed by atoms with Crippen molar-refractivity contribution < 1.29 is 9.90 Å². The number of carboxylic acids is 1. The van der Waals surface area contributed by atoms with Crippen LogP contribution in [0.1, 0.15) is 49.8 Å². The highest BCUT2D eigenvalue weighted by Crippen LogP contribution is 2.73. The zero-order chi connectivity index (χ0) is 14.9. The van der Waals surface area contributed by atoms with Crippen molar-refractivity contribution >= 4 is 17.0 Å². The van der Waals surface area contributed by atoms with E-state index in [1.165, 1.54) is 0 Å². The molecule has 1 heterocycles. The smallest absolute Gasteiger partial charge is 0.335 e. The molecule has 0 amide bonds. The van der Waals surface area contributed by atoms with Gasteiger partial charge in [-0.15, -0.1) is 0 Å². The minimum atomic E-state index is -0.911. The van der Waals surface area contributed by atoms with Gasteiger partial charge in [-0.2, -0.15) is 0 Å². The van der Waals surface area contributed by atoms with Crippen LogP contribution in [0.2, 0.25) is 0 Å². The highest BCUT2D eigenvalue weighted by molar-refractivity contribution is 5.92. The topological polar surface area (TPSA) is 55.1 Å². The number of hydrogen-bond acceptors (Lipinski definition) is 2. The van der Waals surface area contributed by atoms with Gasteiger partial charge in [0.2, 0.25) is 0 Å². The molecule has 20 heavy (non-hydrogen) atoms. The van der Waals surface area contributed by atoms with Crippen LogP contribution < -0.4 is 0 Å². The number of aryl methyl sites for hydroxylation is 1. The fraction of sp³-hybridized carbons (Fsp3) is 0.500. The number of nitrogens with zero attached hydrogens (tertiary/aromatic N) is 2. The molecule has 0 aliphatic heterocycles. The van der Waals surface area contributed by atoms with Gasteiger partial charge in [-0.25, -0.2) is 9.78 Å². The van der Waals surface area contributed by atoms with Crippen molar-refractivity contribution in [1.29, 1.82) is 0 Å². The lowest BCUT2D eigenvalue weighted by molar-refractivity contribution is 0.0697. The van der Waals surface area contributed by atoms with E-state index in [0.717, 1.165) is 16.9 Å². The molecule has 0 atom stereocenters. The summed E-state index contributed by atoms with van der Waals surface area (Å²) in [7, 11) is 2.01. The highest BCUT2D eigenvalue weighted by Gasteiger charge is 2.66. The monoisotopic (exact) mass is 272 g/mol. The predicted octanol–water partition coefficient (Wildman–Crippen LogP) is 3.42. The summed E-state index contributed by atoms with van der Waals surface area (Å²) in [5, 5.41) is 9.07. The summed E-state index contributed by atoms with van der Waals surface area (Å²) in [6, 6.07) is 5.14. The Kier molecular flexibility index (Phi) is 2.38. The Bertz CT molecular complexity index is 711. The molecule has 0 unspecified atom stereocenters. The van der Waals surface area contributed by atoms with Gasteiger partial charge < -0.3 is 9.67 Å². The summed E-state index contributed by atoms with van der Waals surface area (Å²) in [4.78, 5) is 15.8. The van der Waals surface area contributed by atoms with Crippen LogP contribution in [0.4, 0.5) is 0 Å². The first kappa shape index (κ1) is 13.2. The minimum absolute atomic E-state index is 0.220. The average Bonchev–Trinajstić information content (AvgIpc) is 2.63. The molecule has 1 aliphatic rings. The molecular formula is C16H20N2O2. The van der Waals surface area contributed by atoms with Crippen LogP contribution >= 0.6 is 0 Å². The normalized spacial score (nSPS) is 20.2. The SMILES string of the molecule is Cn1c(C2C(C)(C)C2(C)C)nc2cc(C(=O)O)ccc21. The van der Waals surface area contributed by atoms with Crippen molar-refractivity contribution in [2.75, 3.05) is 0 Å². The van der Waals surface area contributed by atoms with Crippen molar-refractivity contribution in [2.45, 2.75) is 33.6 Å². The quantitative estimate of drug-likeness (QED) is 0.911. The van der Waals surface area contributed by atoms with Gasteiger partial charge in [0.1, 0.15) is 5.82 Å². The third-order valence-electron chi connectivity index (χ3n) is 5.44. The molecule has 106 valence electrons. The van der Waals surface area contributed by atoms with E-state index in [2.05, 4.69) is 32.3 Å². The van der Waals surface area contributed by atoms with Crippen LogP contribution in [0, 0.1) is 10.8 Å². The van der Waals surface area contributed by atoms with Crippen LogP contribution in [0.25, 0.3) is 11.0 Å². The lowest BCUT2D eigenvalue weighted by Crippen LogP contribution is -1.99. The van der Waals surface area contributed by atoms with E-state index in [1.807, 2.05) is 13.1 Å². The average molecular weight is 272 g/mol. The van der Waals surface area contributed by atoms with Gasteiger partial charge >= 0.3 is 5.97 Å². The summed E-state index contributed by atoms with van der Waals surface area (Å²) in [5.74, 6) is 0.546. The Hall–Kier alpha value is -1.84. The summed E-state index contributed by atoms with van der Waals surface area (Å²) < 4.78 is 2.10. The molecule has 1 fully saturated rings. The fourth-order valence-electron chi connectivity index (χ4n) is 3.45. The van der Waals surface area contributed by atoms with Gasteiger partial charge in [0.15, 0.2) is 0 Å². The third kappa shape index (κ3) is 1.48. The molecule has 4 heteroatoms.